The molecule has 1 aromatic heterocycles. The zero-order chi connectivity index (χ0) is 19.1. The Hall–Kier alpha value is -2.25. The molecule has 144 valence electrons. The van der Waals surface area contributed by atoms with Crippen LogP contribution in [0, 0.1) is 0 Å². The molecule has 1 unspecified atom stereocenters. The van der Waals surface area contributed by atoms with E-state index in [9.17, 15) is 4.79 Å². The Kier molecular flexibility index (Phi) is 4.74. The van der Waals surface area contributed by atoms with E-state index in [-0.39, 0.29) is 12.1 Å². The van der Waals surface area contributed by atoms with Crippen molar-refractivity contribution in [2.45, 2.75) is 39.0 Å². The summed E-state index contributed by atoms with van der Waals surface area (Å²) >= 11 is 1.70. The molecule has 27 heavy (non-hydrogen) atoms. The van der Waals surface area contributed by atoms with Gasteiger partial charge < -0.3 is 20.1 Å². The number of nitrogens with zero attached hydrogens (tertiary/aromatic N) is 1. The standard InChI is InChI=1S/C20H25N3O3S/c1-11(2)23-8-7-14-16(10-23)27-20-17(14)19(24)21-18(22-20)13-6-5-12(25-3)9-15(13)26-4/h5-6,9,11,18,22H,7-8,10H2,1-4H3,(H,21,24). The molecule has 3 heterocycles. The van der Waals surface area contributed by atoms with E-state index < -0.39 is 0 Å². The van der Waals surface area contributed by atoms with Gasteiger partial charge in [0.2, 0.25) is 0 Å². The van der Waals surface area contributed by atoms with Crippen molar-refractivity contribution in [3.8, 4) is 11.5 Å². The summed E-state index contributed by atoms with van der Waals surface area (Å²) in [6.07, 6.45) is 0.595. The molecule has 6 nitrogen and oxygen atoms in total. The molecule has 2 N–H and O–H groups in total. The first-order valence-corrected chi connectivity index (χ1v) is 10.0. The number of ether oxygens (including phenoxy) is 2. The highest BCUT2D eigenvalue weighted by atomic mass is 32.1. The Balaban J connectivity index is 1.66. The molecule has 0 radical (unpaired) electrons. The molecule has 0 saturated carbocycles. The summed E-state index contributed by atoms with van der Waals surface area (Å²) in [5, 5.41) is 7.55. The summed E-state index contributed by atoms with van der Waals surface area (Å²) in [7, 11) is 3.25. The maximum Gasteiger partial charge on any atom is 0.256 e. The van der Waals surface area contributed by atoms with Gasteiger partial charge in [0.25, 0.3) is 5.91 Å². The largest absolute Gasteiger partial charge is 0.497 e. The van der Waals surface area contributed by atoms with E-state index in [2.05, 4.69) is 29.4 Å². The van der Waals surface area contributed by atoms with E-state index in [1.807, 2.05) is 18.2 Å². The van der Waals surface area contributed by atoms with Crippen molar-refractivity contribution in [3.05, 3.63) is 39.8 Å². The van der Waals surface area contributed by atoms with Crippen LogP contribution in [0.3, 0.4) is 0 Å². The van der Waals surface area contributed by atoms with Crippen LogP contribution < -0.4 is 20.1 Å². The fourth-order valence-electron chi connectivity index (χ4n) is 3.79. The van der Waals surface area contributed by atoms with Gasteiger partial charge in [-0.05, 0) is 38.0 Å². The number of carbonyl (C=O) groups excluding carboxylic acids is 1. The van der Waals surface area contributed by atoms with E-state index in [1.165, 1.54) is 10.4 Å². The minimum Gasteiger partial charge on any atom is -0.497 e. The van der Waals surface area contributed by atoms with Crippen molar-refractivity contribution >= 4 is 22.2 Å². The molecule has 2 aliphatic heterocycles. The summed E-state index contributed by atoms with van der Waals surface area (Å²) < 4.78 is 10.8. The topological polar surface area (TPSA) is 62.8 Å². The van der Waals surface area contributed by atoms with Crippen LogP contribution in [0.4, 0.5) is 5.00 Å². The highest BCUT2D eigenvalue weighted by Crippen LogP contribution is 2.42. The number of anilines is 1. The quantitative estimate of drug-likeness (QED) is 0.842. The Labute approximate surface area is 163 Å². The van der Waals surface area contributed by atoms with Crippen LogP contribution in [-0.4, -0.2) is 37.6 Å². The second-order valence-corrected chi connectivity index (χ2v) is 8.29. The second kappa shape index (κ2) is 7.05. The average Bonchev–Trinajstić information content (AvgIpc) is 3.05. The van der Waals surface area contributed by atoms with Gasteiger partial charge in [-0.2, -0.15) is 0 Å². The number of methoxy groups -OCH3 is 2. The van der Waals surface area contributed by atoms with Crippen LogP contribution in [0.2, 0.25) is 0 Å². The number of carbonyl (C=O) groups is 1. The molecule has 0 saturated heterocycles. The average molecular weight is 388 g/mol. The predicted octanol–water partition coefficient (Wildman–Crippen LogP) is 3.39. The third-order valence-corrected chi connectivity index (χ3v) is 6.49. The smallest absolute Gasteiger partial charge is 0.256 e. The van der Waals surface area contributed by atoms with Gasteiger partial charge in [-0.25, -0.2) is 0 Å². The van der Waals surface area contributed by atoms with Crippen molar-refractivity contribution in [2.24, 2.45) is 0 Å². The minimum atomic E-state index is -0.327. The lowest BCUT2D eigenvalue weighted by atomic mass is 9.99. The van der Waals surface area contributed by atoms with Gasteiger partial charge in [0.15, 0.2) is 0 Å². The number of rotatable bonds is 4. The van der Waals surface area contributed by atoms with Gasteiger partial charge in [0.05, 0.1) is 19.8 Å². The molecule has 4 rings (SSSR count). The fraction of sp³-hybridized carbons (Fsp3) is 0.450. The summed E-state index contributed by atoms with van der Waals surface area (Å²) in [6, 6.07) is 6.14. The van der Waals surface area contributed by atoms with E-state index in [0.29, 0.717) is 11.8 Å². The van der Waals surface area contributed by atoms with Crippen LogP contribution in [0.25, 0.3) is 0 Å². The third kappa shape index (κ3) is 3.15. The molecule has 0 spiro atoms. The normalized spacial score (nSPS) is 19.1. The Morgan fingerprint density at radius 1 is 1.22 bits per heavy atom. The molecule has 2 aliphatic rings. The number of thiophene rings is 1. The number of benzene rings is 1. The zero-order valence-corrected chi connectivity index (χ0v) is 16.9. The summed E-state index contributed by atoms with van der Waals surface area (Å²) in [6.45, 7) is 6.35. The van der Waals surface area contributed by atoms with Crippen molar-refractivity contribution in [3.63, 3.8) is 0 Å². The summed E-state index contributed by atoms with van der Waals surface area (Å²) in [5.41, 5.74) is 2.91. The maximum atomic E-state index is 12.9. The summed E-state index contributed by atoms with van der Waals surface area (Å²) in [5.74, 6) is 1.39. The first-order chi connectivity index (χ1) is 13.0. The minimum absolute atomic E-state index is 0.0119. The van der Waals surface area contributed by atoms with E-state index in [0.717, 1.165) is 41.4 Å². The Morgan fingerprint density at radius 2 is 2.04 bits per heavy atom. The summed E-state index contributed by atoms with van der Waals surface area (Å²) in [4.78, 5) is 16.7. The van der Waals surface area contributed by atoms with Crippen molar-refractivity contribution in [2.75, 3.05) is 26.1 Å². The molecule has 2 aromatic rings. The first-order valence-electron chi connectivity index (χ1n) is 9.19. The first kappa shape index (κ1) is 18.1. The highest BCUT2D eigenvalue weighted by molar-refractivity contribution is 7.16. The molecular formula is C20H25N3O3S. The molecular weight excluding hydrogens is 362 g/mol. The van der Waals surface area contributed by atoms with Crippen LogP contribution in [0.1, 0.15) is 46.4 Å². The molecule has 0 fully saturated rings. The van der Waals surface area contributed by atoms with E-state index >= 15 is 0 Å². The molecule has 1 atom stereocenters. The maximum absolute atomic E-state index is 12.9. The number of amides is 1. The lowest BCUT2D eigenvalue weighted by molar-refractivity contribution is 0.0934. The highest BCUT2D eigenvalue weighted by Gasteiger charge is 2.34. The van der Waals surface area contributed by atoms with Crippen molar-refractivity contribution < 1.29 is 14.3 Å². The van der Waals surface area contributed by atoms with Gasteiger partial charge >= 0.3 is 0 Å². The number of hydrogen-bond donors (Lipinski definition) is 2. The van der Waals surface area contributed by atoms with Crippen LogP contribution in [0.15, 0.2) is 18.2 Å². The van der Waals surface area contributed by atoms with E-state index in [1.54, 1.807) is 25.6 Å². The van der Waals surface area contributed by atoms with Crippen LogP contribution >= 0.6 is 11.3 Å². The second-order valence-electron chi connectivity index (χ2n) is 7.18. The number of fused-ring (bicyclic) bond motifs is 3. The Bertz CT molecular complexity index is 878. The van der Waals surface area contributed by atoms with Crippen molar-refractivity contribution in [1.29, 1.82) is 0 Å². The number of hydrogen-bond acceptors (Lipinski definition) is 6. The van der Waals surface area contributed by atoms with Gasteiger partial charge in [-0.3, -0.25) is 9.69 Å². The number of nitrogens with one attached hydrogen (secondary N) is 2. The monoisotopic (exact) mass is 387 g/mol. The lowest BCUT2D eigenvalue weighted by Crippen LogP contribution is -2.39. The van der Waals surface area contributed by atoms with Gasteiger partial charge in [0, 0.05) is 35.6 Å². The zero-order valence-electron chi connectivity index (χ0n) is 16.1. The SMILES string of the molecule is COc1ccc(C2NC(=O)c3c(sc4c3CCN(C(C)C)C4)N2)c(OC)c1. The molecule has 0 aliphatic carbocycles. The van der Waals surface area contributed by atoms with Gasteiger partial charge in [-0.15, -0.1) is 11.3 Å². The van der Waals surface area contributed by atoms with Crippen LogP contribution in [0.5, 0.6) is 11.5 Å². The molecule has 7 heteroatoms. The third-order valence-electron chi connectivity index (χ3n) is 5.35. The van der Waals surface area contributed by atoms with Gasteiger partial charge in [-0.1, -0.05) is 0 Å². The van der Waals surface area contributed by atoms with E-state index in [4.69, 9.17) is 9.47 Å². The lowest BCUT2D eigenvalue weighted by Gasteiger charge is -2.31. The van der Waals surface area contributed by atoms with Crippen LogP contribution in [-0.2, 0) is 13.0 Å². The molecule has 0 bridgehead atoms. The molecule has 1 amide bonds. The Morgan fingerprint density at radius 3 is 2.74 bits per heavy atom. The molecule has 1 aromatic carbocycles. The van der Waals surface area contributed by atoms with Crippen molar-refractivity contribution in [1.82, 2.24) is 10.2 Å². The predicted molar refractivity (Wildman–Crippen MR) is 107 cm³/mol. The van der Waals surface area contributed by atoms with Gasteiger partial charge in [0.1, 0.15) is 22.7 Å². The fourth-order valence-corrected chi connectivity index (χ4v) is 5.09.